The van der Waals surface area contributed by atoms with Gasteiger partial charge in [0, 0.05) is 18.3 Å². The predicted molar refractivity (Wildman–Crippen MR) is 116 cm³/mol. The second kappa shape index (κ2) is 14.0. The minimum atomic E-state index is -1.36. The predicted octanol–water partition coefficient (Wildman–Crippen LogP) is -4.06. The molecule has 0 spiro atoms. The first-order valence-electron chi connectivity index (χ1n) is 5.84. The van der Waals surface area contributed by atoms with Crippen LogP contribution in [0.1, 0.15) is 20.7 Å². The average molecular weight is 824 g/mol. The van der Waals surface area contributed by atoms with E-state index in [2.05, 4.69) is 0 Å². The molecule has 0 aliphatic rings. The van der Waals surface area contributed by atoms with Crippen molar-refractivity contribution >= 4 is 102 Å². The van der Waals surface area contributed by atoms with Gasteiger partial charge in [-0.3, -0.25) is 0 Å². The number of hydrogen-bond donors (Lipinski definition) is 2. The van der Waals surface area contributed by atoms with Crippen LogP contribution in [0.15, 0.2) is 24.3 Å². The first-order valence-corrected chi connectivity index (χ1v) is 10.2. The number of phenols is 2. The molecule has 0 fully saturated rings. The molecule has 0 heterocycles. The van der Waals surface area contributed by atoms with Gasteiger partial charge >= 0.3 is 59.1 Å². The molecule has 0 saturated carbocycles. The third-order valence-electron chi connectivity index (χ3n) is 2.58. The van der Waals surface area contributed by atoms with E-state index in [1.165, 1.54) is 12.1 Å². The normalized spacial score (nSPS) is 9.08. The molecule has 0 radical (unpaired) electrons. The van der Waals surface area contributed by atoms with Gasteiger partial charge in [-0.1, -0.05) is 0 Å². The summed E-state index contributed by atoms with van der Waals surface area (Å²) in [6.45, 7) is 0. The maximum absolute atomic E-state index is 10.4. The van der Waals surface area contributed by atoms with Crippen LogP contribution in [0.25, 0.3) is 0 Å². The van der Waals surface area contributed by atoms with Crippen LogP contribution in [-0.4, -0.2) is 22.2 Å². The van der Waals surface area contributed by atoms with E-state index >= 15 is 0 Å². The summed E-state index contributed by atoms with van der Waals surface area (Å²) in [7, 11) is 0. The van der Waals surface area contributed by atoms with Crippen LogP contribution in [0, 0.1) is 14.3 Å². The fraction of sp³-hybridized carbons (Fsp3) is 0. The van der Waals surface area contributed by atoms with E-state index in [4.69, 9.17) is 0 Å². The van der Waals surface area contributed by atoms with Crippen molar-refractivity contribution in [3.8, 4) is 11.5 Å². The molecule has 0 unspecified atom stereocenters. The zero-order valence-corrected chi connectivity index (χ0v) is 26.0. The summed E-state index contributed by atoms with van der Waals surface area (Å²) in [5.74, 6) is -3.16. The standard InChI is InChI=1S/2C7H4I2O3.2Na/c2*8-4-2-1-3(7(11)12)6(10)5(4)9;;/h2*1-2,10H,(H,11,12);;/q;;2*+1/p-2. The van der Waals surface area contributed by atoms with E-state index in [-0.39, 0.29) is 81.7 Å². The molecule has 0 atom stereocenters. The molecule has 128 valence electrons. The Morgan fingerprint density at radius 2 is 0.962 bits per heavy atom. The van der Waals surface area contributed by atoms with Crippen LogP contribution < -0.4 is 69.3 Å². The number of benzene rings is 2. The maximum atomic E-state index is 10.4. The quantitative estimate of drug-likeness (QED) is 0.235. The second-order valence-corrected chi connectivity index (χ2v) is 8.57. The third kappa shape index (κ3) is 8.33. The van der Waals surface area contributed by atoms with E-state index in [0.717, 1.165) is 7.14 Å². The van der Waals surface area contributed by atoms with Gasteiger partial charge in [-0.25, -0.2) is 0 Å². The number of aromatic hydroxyl groups is 2. The summed E-state index contributed by atoms with van der Waals surface area (Å²) in [5.41, 5.74) is -0.334. The molecule has 2 rings (SSSR count). The van der Waals surface area contributed by atoms with Gasteiger partial charge in [-0.05, 0) is 115 Å². The van der Waals surface area contributed by atoms with Crippen molar-refractivity contribution in [1.82, 2.24) is 0 Å². The van der Waals surface area contributed by atoms with Crippen LogP contribution >= 0.6 is 90.4 Å². The smallest absolute Gasteiger partial charge is 0.545 e. The molecule has 0 saturated heterocycles. The summed E-state index contributed by atoms with van der Waals surface area (Å²) in [6, 6.07) is 5.89. The minimum absolute atomic E-state index is 0. The summed E-state index contributed by atoms with van der Waals surface area (Å²) in [5, 5.41) is 39.4. The number of carboxylic acids is 2. The van der Waals surface area contributed by atoms with Gasteiger partial charge < -0.3 is 30.0 Å². The number of carbonyl (C=O) groups excluding carboxylic acids is 2. The van der Waals surface area contributed by atoms with E-state index in [0.29, 0.717) is 7.14 Å². The van der Waals surface area contributed by atoms with E-state index in [1.54, 1.807) is 12.1 Å². The molecule has 2 aromatic carbocycles. The Morgan fingerprint density at radius 3 is 1.19 bits per heavy atom. The van der Waals surface area contributed by atoms with E-state index in [1.807, 2.05) is 90.4 Å². The zero-order chi connectivity index (χ0) is 18.6. The molecule has 2 aromatic rings. The van der Waals surface area contributed by atoms with Crippen LogP contribution in [-0.2, 0) is 0 Å². The molecule has 0 aromatic heterocycles. The fourth-order valence-corrected chi connectivity index (χ4v) is 3.22. The van der Waals surface area contributed by atoms with Crippen molar-refractivity contribution in [2.75, 3.05) is 0 Å². The Bertz CT molecular complexity index is 749. The van der Waals surface area contributed by atoms with Crippen molar-refractivity contribution in [1.29, 1.82) is 0 Å². The van der Waals surface area contributed by atoms with Crippen molar-refractivity contribution in [2.24, 2.45) is 0 Å². The molecule has 26 heavy (non-hydrogen) atoms. The maximum Gasteiger partial charge on any atom is 1.00 e. The van der Waals surface area contributed by atoms with Crippen molar-refractivity contribution in [3.63, 3.8) is 0 Å². The monoisotopic (exact) mass is 824 g/mol. The molecule has 6 nitrogen and oxygen atoms in total. The van der Waals surface area contributed by atoms with Crippen molar-refractivity contribution in [3.05, 3.63) is 49.7 Å². The molecule has 0 amide bonds. The Hall–Kier alpha value is 1.90. The van der Waals surface area contributed by atoms with Crippen LogP contribution in [0.4, 0.5) is 0 Å². The van der Waals surface area contributed by atoms with Crippen molar-refractivity contribution < 1.29 is 89.1 Å². The first kappa shape index (κ1) is 30.1. The molecule has 2 N–H and O–H groups in total. The molecular formula is C14H6I4Na2O6. The summed E-state index contributed by atoms with van der Waals surface area (Å²) < 4.78 is 2.70. The topological polar surface area (TPSA) is 121 Å². The van der Waals surface area contributed by atoms with E-state index in [9.17, 15) is 30.0 Å². The summed E-state index contributed by atoms with van der Waals surface area (Å²) in [6.07, 6.45) is 0. The van der Waals surface area contributed by atoms with Gasteiger partial charge in [0.1, 0.15) is 11.5 Å². The van der Waals surface area contributed by atoms with Gasteiger partial charge in [0.05, 0.1) is 19.1 Å². The number of halogens is 4. The number of aromatic carboxylic acids is 2. The Balaban J connectivity index is 0. The zero-order valence-electron chi connectivity index (χ0n) is 13.3. The number of hydrogen-bond acceptors (Lipinski definition) is 6. The number of rotatable bonds is 2. The summed E-state index contributed by atoms with van der Waals surface area (Å²) >= 11 is 7.78. The van der Waals surface area contributed by atoms with Gasteiger partial charge in [-0.2, -0.15) is 0 Å². The fourth-order valence-electron chi connectivity index (χ4n) is 1.41. The van der Waals surface area contributed by atoms with Gasteiger partial charge in [0.2, 0.25) is 0 Å². The molecule has 0 aliphatic heterocycles. The molecule has 12 heteroatoms. The van der Waals surface area contributed by atoms with Crippen molar-refractivity contribution in [2.45, 2.75) is 0 Å². The van der Waals surface area contributed by atoms with E-state index < -0.39 is 11.9 Å². The summed E-state index contributed by atoms with van der Waals surface area (Å²) in [4.78, 5) is 20.8. The van der Waals surface area contributed by atoms with Gasteiger partial charge in [0.15, 0.2) is 0 Å². The Labute approximate surface area is 248 Å². The molecule has 0 aliphatic carbocycles. The molecular weight excluding hydrogens is 818 g/mol. The van der Waals surface area contributed by atoms with Gasteiger partial charge in [0.25, 0.3) is 0 Å². The Kier molecular flexibility index (Phi) is 16.2. The Morgan fingerprint density at radius 1 is 0.692 bits per heavy atom. The van der Waals surface area contributed by atoms with Crippen LogP contribution in [0.3, 0.4) is 0 Å². The number of carbonyl (C=O) groups is 2. The largest absolute Gasteiger partial charge is 1.00 e. The SMILES string of the molecule is O=C([O-])c1ccc(I)c(I)c1O.O=C([O-])c1ccc(I)c(I)c1O.[Na+].[Na+]. The first-order chi connectivity index (χ1) is 11.1. The van der Waals surface area contributed by atoms with Crippen LogP contribution in [0.2, 0.25) is 0 Å². The molecule has 0 bridgehead atoms. The average Bonchev–Trinajstić information content (AvgIpc) is 2.50. The number of carboxylic acid groups (broad SMARTS) is 2. The third-order valence-corrected chi connectivity index (χ3v) is 8.62. The minimum Gasteiger partial charge on any atom is -0.545 e. The van der Waals surface area contributed by atoms with Gasteiger partial charge in [-0.15, -0.1) is 0 Å². The second-order valence-electron chi connectivity index (χ2n) is 4.09. The van der Waals surface area contributed by atoms with Crippen LogP contribution in [0.5, 0.6) is 11.5 Å².